The molecule has 2 heterocycles. The molecule has 0 saturated carbocycles. The smallest absolute Gasteiger partial charge is 0.256 e. The van der Waals surface area contributed by atoms with Crippen LogP contribution in [0.5, 0.6) is 0 Å². The van der Waals surface area contributed by atoms with Crippen LogP contribution in [0.25, 0.3) is 0 Å². The summed E-state index contributed by atoms with van der Waals surface area (Å²) in [4.78, 5) is 29.3. The van der Waals surface area contributed by atoms with Crippen LogP contribution in [-0.2, 0) is 0 Å². The molecule has 2 aromatic rings. The number of carbonyl (C=O) groups is 2. The van der Waals surface area contributed by atoms with E-state index in [-0.39, 0.29) is 11.8 Å². The van der Waals surface area contributed by atoms with Crippen LogP contribution in [0.1, 0.15) is 49.7 Å². The van der Waals surface area contributed by atoms with Crippen molar-refractivity contribution in [1.82, 2.24) is 4.90 Å². The van der Waals surface area contributed by atoms with E-state index >= 15 is 0 Å². The van der Waals surface area contributed by atoms with Crippen LogP contribution >= 0.6 is 11.3 Å². The Labute approximate surface area is 146 Å². The Morgan fingerprint density at radius 1 is 1.04 bits per heavy atom. The highest BCUT2D eigenvalue weighted by Gasteiger charge is 2.22. The fraction of sp³-hybridized carbons (Fsp3) is 0.368. The Hall–Kier alpha value is -2.14. The van der Waals surface area contributed by atoms with E-state index in [2.05, 4.69) is 5.32 Å². The Morgan fingerprint density at radius 2 is 1.75 bits per heavy atom. The van der Waals surface area contributed by atoms with Crippen molar-refractivity contribution < 1.29 is 9.59 Å². The highest BCUT2D eigenvalue weighted by atomic mass is 32.1. The van der Waals surface area contributed by atoms with Gasteiger partial charge in [0.05, 0.1) is 16.8 Å². The maximum Gasteiger partial charge on any atom is 0.256 e. The van der Waals surface area contributed by atoms with Crippen molar-refractivity contribution in [1.29, 1.82) is 0 Å². The van der Waals surface area contributed by atoms with Crippen LogP contribution in [0, 0.1) is 13.8 Å². The second kappa shape index (κ2) is 7.18. The number of amides is 2. The number of aryl methyl sites for hydroxylation is 2. The van der Waals surface area contributed by atoms with E-state index in [1.54, 1.807) is 23.5 Å². The van der Waals surface area contributed by atoms with Crippen LogP contribution < -0.4 is 5.32 Å². The normalized spacial score (nSPS) is 14.5. The van der Waals surface area contributed by atoms with Gasteiger partial charge in [-0.3, -0.25) is 9.59 Å². The molecule has 24 heavy (non-hydrogen) atoms. The number of nitrogens with one attached hydrogen (secondary N) is 1. The van der Waals surface area contributed by atoms with Crippen molar-refractivity contribution >= 4 is 28.8 Å². The third-order valence-corrected chi connectivity index (χ3v) is 5.30. The number of rotatable bonds is 3. The van der Waals surface area contributed by atoms with Crippen molar-refractivity contribution in [2.45, 2.75) is 33.1 Å². The monoisotopic (exact) mass is 342 g/mol. The van der Waals surface area contributed by atoms with Gasteiger partial charge in [0.1, 0.15) is 0 Å². The van der Waals surface area contributed by atoms with Crippen molar-refractivity contribution in [3.05, 3.63) is 51.2 Å². The summed E-state index contributed by atoms with van der Waals surface area (Å²) in [6, 6.07) is 9.16. The number of likely N-dealkylation sites (tertiary alicyclic amines) is 1. The molecule has 0 atom stereocenters. The van der Waals surface area contributed by atoms with Gasteiger partial charge in [-0.25, -0.2) is 0 Å². The van der Waals surface area contributed by atoms with Crippen LogP contribution in [0.2, 0.25) is 0 Å². The van der Waals surface area contributed by atoms with E-state index in [1.807, 2.05) is 36.9 Å². The minimum absolute atomic E-state index is 0.00354. The van der Waals surface area contributed by atoms with Gasteiger partial charge in [0, 0.05) is 22.8 Å². The lowest BCUT2D eigenvalue weighted by atomic mass is 10.1. The lowest BCUT2D eigenvalue weighted by molar-refractivity contribution is 0.0725. The summed E-state index contributed by atoms with van der Waals surface area (Å²) in [6.45, 7) is 5.52. The molecule has 0 bridgehead atoms. The molecule has 1 saturated heterocycles. The summed E-state index contributed by atoms with van der Waals surface area (Å²) >= 11 is 1.61. The molecule has 1 aromatic carbocycles. The molecule has 3 rings (SSSR count). The first kappa shape index (κ1) is 16.7. The SMILES string of the molecule is Cc1cc(C(=O)Nc2ccccc2C(=O)N2CCCCC2)c(C)s1. The lowest BCUT2D eigenvalue weighted by Crippen LogP contribution is -2.36. The van der Waals surface area contributed by atoms with E-state index < -0.39 is 0 Å². The van der Waals surface area contributed by atoms with E-state index in [4.69, 9.17) is 0 Å². The maximum absolute atomic E-state index is 12.8. The van der Waals surface area contributed by atoms with Gasteiger partial charge in [0.15, 0.2) is 0 Å². The molecule has 1 aromatic heterocycles. The topological polar surface area (TPSA) is 49.4 Å². The van der Waals surface area contributed by atoms with Crippen LogP contribution in [0.3, 0.4) is 0 Å². The van der Waals surface area contributed by atoms with Gasteiger partial charge in [-0.2, -0.15) is 0 Å². The molecule has 4 nitrogen and oxygen atoms in total. The number of hydrogen-bond acceptors (Lipinski definition) is 3. The van der Waals surface area contributed by atoms with E-state index in [9.17, 15) is 9.59 Å². The highest BCUT2D eigenvalue weighted by Crippen LogP contribution is 2.24. The molecule has 1 aliphatic heterocycles. The lowest BCUT2D eigenvalue weighted by Gasteiger charge is -2.27. The standard InChI is InChI=1S/C19H22N2O2S/c1-13-12-16(14(2)24-13)18(22)20-17-9-5-4-8-15(17)19(23)21-10-6-3-7-11-21/h4-5,8-9,12H,3,6-7,10-11H2,1-2H3,(H,20,22). The zero-order valence-corrected chi connectivity index (χ0v) is 14.9. The van der Waals surface area contributed by atoms with Crippen molar-refractivity contribution in [2.24, 2.45) is 0 Å². The number of piperidine rings is 1. The average molecular weight is 342 g/mol. The highest BCUT2D eigenvalue weighted by molar-refractivity contribution is 7.12. The predicted octanol–water partition coefficient (Wildman–Crippen LogP) is 4.24. The Morgan fingerprint density at radius 3 is 2.42 bits per heavy atom. The van der Waals surface area contributed by atoms with Crippen LogP contribution in [0.4, 0.5) is 5.69 Å². The predicted molar refractivity (Wildman–Crippen MR) is 97.9 cm³/mol. The van der Waals surface area contributed by atoms with E-state index in [0.29, 0.717) is 16.8 Å². The number of para-hydroxylation sites is 1. The van der Waals surface area contributed by atoms with Crippen LogP contribution in [-0.4, -0.2) is 29.8 Å². The number of nitrogens with zero attached hydrogens (tertiary/aromatic N) is 1. The van der Waals surface area contributed by atoms with Crippen molar-refractivity contribution in [3.8, 4) is 0 Å². The van der Waals surface area contributed by atoms with E-state index in [0.717, 1.165) is 35.7 Å². The summed E-state index contributed by atoms with van der Waals surface area (Å²) in [7, 11) is 0. The molecule has 0 spiro atoms. The Bertz CT molecular complexity index is 760. The second-order valence-electron chi connectivity index (χ2n) is 6.18. The first-order valence-electron chi connectivity index (χ1n) is 8.33. The average Bonchev–Trinajstić information content (AvgIpc) is 2.94. The number of thiophene rings is 1. The first-order chi connectivity index (χ1) is 11.6. The number of benzene rings is 1. The molecule has 0 aliphatic carbocycles. The zero-order valence-electron chi connectivity index (χ0n) is 14.1. The van der Waals surface area contributed by atoms with Gasteiger partial charge in [-0.05, 0) is 51.3 Å². The maximum atomic E-state index is 12.8. The van der Waals surface area contributed by atoms with Gasteiger partial charge in [0.2, 0.25) is 0 Å². The molecule has 1 aliphatic rings. The first-order valence-corrected chi connectivity index (χ1v) is 9.14. The molecule has 1 fully saturated rings. The Kier molecular flexibility index (Phi) is 5.00. The quantitative estimate of drug-likeness (QED) is 0.907. The third-order valence-electron chi connectivity index (χ3n) is 4.33. The van der Waals surface area contributed by atoms with Gasteiger partial charge in [-0.1, -0.05) is 12.1 Å². The molecule has 5 heteroatoms. The molecular formula is C19H22N2O2S. The Balaban J connectivity index is 1.82. The largest absolute Gasteiger partial charge is 0.339 e. The third kappa shape index (κ3) is 3.51. The summed E-state index contributed by atoms with van der Waals surface area (Å²) in [6.07, 6.45) is 3.28. The molecule has 1 N–H and O–H groups in total. The summed E-state index contributed by atoms with van der Waals surface area (Å²) in [5, 5.41) is 2.92. The molecular weight excluding hydrogens is 320 g/mol. The molecule has 126 valence electrons. The molecule has 0 unspecified atom stereocenters. The minimum Gasteiger partial charge on any atom is -0.339 e. The van der Waals surface area contributed by atoms with Gasteiger partial charge in [0.25, 0.3) is 11.8 Å². The zero-order chi connectivity index (χ0) is 17.1. The number of anilines is 1. The van der Waals surface area contributed by atoms with Crippen molar-refractivity contribution in [3.63, 3.8) is 0 Å². The van der Waals surface area contributed by atoms with Gasteiger partial charge in [-0.15, -0.1) is 11.3 Å². The van der Waals surface area contributed by atoms with Gasteiger partial charge < -0.3 is 10.2 Å². The minimum atomic E-state index is -0.157. The molecule has 2 amide bonds. The summed E-state index contributed by atoms with van der Waals surface area (Å²) in [5.41, 5.74) is 1.83. The number of hydrogen-bond donors (Lipinski definition) is 1. The fourth-order valence-electron chi connectivity index (χ4n) is 3.09. The van der Waals surface area contributed by atoms with Crippen molar-refractivity contribution in [2.75, 3.05) is 18.4 Å². The van der Waals surface area contributed by atoms with Crippen LogP contribution in [0.15, 0.2) is 30.3 Å². The summed E-state index contributed by atoms with van der Waals surface area (Å²) in [5.74, 6) is -0.153. The number of carbonyl (C=O) groups excluding carboxylic acids is 2. The second-order valence-corrected chi connectivity index (χ2v) is 7.64. The van der Waals surface area contributed by atoms with E-state index in [1.165, 1.54) is 6.42 Å². The van der Waals surface area contributed by atoms with Gasteiger partial charge >= 0.3 is 0 Å². The summed E-state index contributed by atoms with van der Waals surface area (Å²) < 4.78 is 0. The molecule has 0 radical (unpaired) electrons. The fourth-order valence-corrected chi connectivity index (χ4v) is 4.01.